The van der Waals surface area contributed by atoms with Crippen molar-refractivity contribution in [2.24, 2.45) is 0 Å². The largest absolute Gasteiger partial charge is 0.309 e. The Bertz CT molecular complexity index is 380. The van der Waals surface area contributed by atoms with Gasteiger partial charge in [-0.05, 0) is 32.9 Å². The first kappa shape index (κ1) is 13.2. The molecule has 0 fully saturated rings. The van der Waals surface area contributed by atoms with E-state index in [1.165, 1.54) is 6.07 Å². The molecule has 0 radical (unpaired) electrons. The Kier molecular flexibility index (Phi) is 4.51. The second kappa shape index (κ2) is 5.46. The van der Waals surface area contributed by atoms with Crippen LogP contribution < -0.4 is 5.32 Å². The molecule has 0 aliphatic carbocycles. The highest BCUT2D eigenvalue weighted by molar-refractivity contribution is 6.30. The average molecular weight is 242 g/mol. The van der Waals surface area contributed by atoms with E-state index in [-0.39, 0.29) is 11.4 Å². The van der Waals surface area contributed by atoms with E-state index in [0.29, 0.717) is 17.1 Å². The molecule has 1 aromatic carbocycles. The lowest BCUT2D eigenvalue weighted by atomic mass is 10.1. The Morgan fingerprint density at radius 2 is 2.06 bits per heavy atom. The number of benzene rings is 1. The Morgan fingerprint density at radius 1 is 1.38 bits per heavy atom. The molecule has 1 nitrogen and oxygen atoms in total. The van der Waals surface area contributed by atoms with E-state index in [0.717, 1.165) is 0 Å². The summed E-state index contributed by atoms with van der Waals surface area (Å²) in [6, 6.07) is 4.67. The van der Waals surface area contributed by atoms with Crippen molar-refractivity contribution in [3.8, 4) is 0 Å². The number of nitrogens with one attached hydrogen (secondary N) is 1. The van der Waals surface area contributed by atoms with Gasteiger partial charge in [-0.3, -0.25) is 0 Å². The first-order valence-electron chi connectivity index (χ1n) is 5.25. The summed E-state index contributed by atoms with van der Waals surface area (Å²) < 4.78 is 13.4. The number of hydrogen-bond acceptors (Lipinski definition) is 1. The number of rotatable bonds is 3. The van der Waals surface area contributed by atoms with Crippen LogP contribution in [0.5, 0.6) is 0 Å². The highest BCUT2D eigenvalue weighted by Crippen LogP contribution is 2.15. The number of halogens is 2. The van der Waals surface area contributed by atoms with Gasteiger partial charge in [0, 0.05) is 22.7 Å². The van der Waals surface area contributed by atoms with Crippen LogP contribution in [0.4, 0.5) is 4.39 Å². The molecule has 1 rings (SSSR count). The summed E-state index contributed by atoms with van der Waals surface area (Å²) >= 11 is 5.66. The normalized spacial score (nSPS) is 12.3. The van der Waals surface area contributed by atoms with E-state index >= 15 is 0 Å². The van der Waals surface area contributed by atoms with Gasteiger partial charge in [-0.25, -0.2) is 4.39 Å². The minimum Gasteiger partial charge on any atom is -0.309 e. The lowest BCUT2D eigenvalue weighted by Crippen LogP contribution is -2.35. The molecule has 1 aromatic rings. The summed E-state index contributed by atoms with van der Waals surface area (Å²) in [6.07, 6.45) is 3.65. The summed E-state index contributed by atoms with van der Waals surface area (Å²) in [6.45, 7) is 6.97. The molecule has 1 N–H and O–H groups in total. The third-order valence-electron chi connectivity index (χ3n) is 2.01. The Hall–Kier alpha value is -0.860. The van der Waals surface area contributed by atoms with Gasteiger partial charge in [0.2, 0.25) is 0 Å². The minimum atomic E-state index is -0.292. The maximum atomic E-state index is 13.4. The van der Waals surface area contributed by atoms with Crippen molar-refractivity contribution in [1.82, 2.24) is 5.32 Å². The predicted octanol–water partition coefficient (Wildman–Crippen LogP) is 3.88. The first-order chi connectivity index (χ1) is 7.38. The standard InChI is InChI=1S/C13H17ClFN/c1-13(2,3)16-8-4-5-10-6-7-11(14)9-12(10)15/h4-7,9,16H,8H2,1-3H3/b5-4+. The SMILES string of the molecule is CC(C)(C)NC/C=C/c1ccc(Cl)cc1F. The van der Waals surface area contributed by atoms with Crippen molar-refractivity contribution >= 4 is 17.7 Å². The molecule has 0 bridgehead atoms. The summed E-state index contributed by atoms with van der Waals surface area (Å²) in [5, 5.41) is 3.71. The minimum absolute atomic E-state index is 0.0723. The fourth-order valence-corrected chi connectivity index (χ4v) is 1.35. The fraction of sp³-hybridized carbons (Fsp3) is 0.385. The second-order valence-electron chi connectivity index (χ2n) is 4.70. The Labute approximate surface area is 101 Å². The van der Waals surface area contributed by atoms with Gasteiger partial charge in [-0.2, -0.15) is 0 Å². The highest BCUT2D eigenvalue weighted by Gasteiger charge is 2.06. The van der Waals surface area contributed by atoms with Gasteiger partial charge in [0.1, 0.15) is 5.82 Å². The quantitative estimate of drug-likeness (QED) is 0.847. The maximum Gasteiger partial charge on any atom is 0.131 e. The molecule has 0 aromatic heterocycles. The molecule has 0 saturated heterocycles. The van der Waals surface area contributed by atoms with Crippen LogP contribution >= 0.6 is 11.6 Å². The topological polar surface area (TPSA) is 12.0 Å². The van der Waals surface area contributed by atoms with Crippen molar-refractivity contribution in [1.29, 1.82) is 0 Å². The molecule has 0 unspecified atom stereocenters. The molecule has 88 valence electrons. The van der Waals surface area contributed by atoms with E-state index in [1.807, 2.05) is 6.08 Å². The van der Waals surface area contributed by atoms with E-state index < -0.39 is 0 Å². The van der Waals surface area contributed by atoms with Gasteiger partial charge in [0.05, 0.1) is 0 Å². The van der Waals surface area contributed by atoms with E-state index in [4.69, 9.17) is 11.6 Å². The zero-order chi connectivity index (χ0) is 12.2. The third-order valence-corrected chi connectivity index (χ3v) is 2.25. The van der Waals surface area contributed by atoms with Gasteiger partial charge < -0.3 is 5.32 Å². The smallest absolute Gasteiger partial charge is 0.131 e. The molecule has 0 amide bonds. The van der Waals surface area contributed by atoms with Gasteiger partial charge in [-0.15, -0.1) is 0 Å². The first-order valence-corrected chi connectivity index (χ1v) is 5.63. The fourth-order valence-electron chi connectivity index (χ4n) is 1.19. The molecular formula is C13H17ClFN. The van der Waals surface area contributed by atoms with E-state index in [9.17, 15) is 4.39 Å². The van der Waals surface area contributed by atoms with Crippen LogP contribution in [0.2, 0.25) is 5.02 Å². The zero-order valence-corrected chi connectivity index (χ0v) is 10.6. The second-order valence-corrected chi connectivity index (χ2v) is 5.14. The molecule has 0 heterocycles. The van der Waals surface area contributed by atoms with Crippen molar-refractivity contribution < 1.29 is 4.39 Å². The lowest BCUT2D eigenvalue weighted by Gasteiger charge is -2.18. The molecular weight excluding hydrogens is 225 g/mol. The molecule has 0 saturated carbocycles. The molecule has 0 atom stereocenters. The van der Waals surface area contributed by atoms with E-state index in [2.05, 4.69) is 26.1 Å². The van der Waals surface area contributed by atoms with Crippen molar-refractivity contribution in [2.75, 3.05) is 6.54 Å². The molecule has 0 aliphatic rings. The van der Waals surface area contributed by atoms with E-state index in [1.54, 1.807) is 18.2 Å². The molecule has 0 spiro atoms. The highest BCUT2D eigenvalue weighted by atomic mass is 35.5. The van der Waals surface area contributed by atoms with Crippen LogP contribution in [-0.2, 0) is 0 Å². The van der Waals surface area contributed by atoms with Gasteiger partial charge in [0.15, 0.2) is 0 Å². The van der Waals surface area contributed by atoms with Crippen LogP contribution in [0.15, 0.2) is 24.3 Å². The monoisotopic (exact) mass is 241 g/mol. The number of hydrogen-bond donors (Lipinski definition) is 1. The van der Waals surface area contributed by atoms with Gasteiger partial charge in [0.25, 0.3) is 0 Å². The summed E-state index contributed by atoms with van der Waals surface area (Å²) in [4.78, 5) is 0. The summed E-state index contributed by atoms with van der Waals surface area (Å²) in [7, 11) is 0. The van der Waals surface area contributed by atoms with Crippen molar-refractivity contribution in [3.63, 3.8) is 0 Å². The van der Waals surface area contributed by atoms with Gasteiger partial charge in [-0.1, -0.05) is 29.8 Å². The van der Waals surface area contributed by atoms with Crippen LogP contribution in [0.3, 0.4) is 0 Å². The van der Waals surface area contributed by atoms with Crippen LogP contribution in [-0.4, -0.2) is 12.1 Å². The van der Waals surface area contributed by atoms with Crippen LogP contribution in [0, 0.1) is 5.82 Å². The predicted molar refractivity (Wildman–Crippen MR) is 68.2 cm³/mol. The maximum absolute atomic E-state index is 13.4. The lowest BCUT2D eigenvalue weighted by molar-refractivity contribution is 0.450. The zero-order valence-electron chi connectivity index (χ0n) is 9.85. The Morgan fingerprint density at radius 3 is 2.62 bits per heavy atom. The van der Waals surface area contributed by atoms with Crippen LogP contribution in [0.25, 0.3) is 6.08 Å². The summed E-state index contributed by atoms with van der Waals surface area (Å²) in [5.74, 6) is -0.292. The third kappa shape index (κ3) is 4.77. The van der Waals surface area contributed by atoms with Crippen molar-refractivity contribution in [3.05, 3.63) is 40.7 Å². The average Bonchev–Trinajstić information content (AvgIpc) is 2.13. The molecule has 0 aliphatic heterocycles. The van der Waals surface area contributed by atoms with Crippen LogP contribution in [0.1, 0.15) is 26.3 Å². The van der Waals surface area contributed by atoms with Crippen molar-refractivity contribution in [2.45, 2.75) is 26.3 Å². The van der Waals surface area contributed by atoms with Gasteiger partial charge >= 0.3 is 0 Å². The summed E-state index contributed by atoms with van der Waals surface area (Å²) in [5.41, 5.74) is 0.628. The molecule has 3 heteroatoms. The molecule has 16 heavy (non-hydrogen) atoms. The Balaban J connectivity index is 2.57.